The normalized spacial score (nSPS) is 14.5. The van der Waals surface area contributed by atoms with Crippen molar-refractivity contribution in [1.29, 1.82) is 0 Å². The van der Waals surface area contributed by atoms with Crippen molar-refractivity contribution in [1.82, 2.24) is 49.9 Å². The Morgan fingerprint density at radius 1 is 0.587 bits per heavy atom. The monoisotopic (exact) mass is 871 g/mol. The second kappa shape index (κ2) is 21.6. The smallest absolute Gasteiger partial charge is 0.154 e. The number of nitrogens with one attached hydrogen (secondary N) is 3. The number of hydrogen-bond donors (Lipinski definition) is 3. The van der Waals surface area contributed by atoms with Crippen molar-refractivity contribution in [2.45, 2.75) is 19.8 Å². The number of aromatic nitrogens is 8. The fourth-order valence-electron chi connectivity index (χ4n) is 6.78. The van der Waals surface area contributed by atoms with Crippen molar-refractivity contribution in [3.8, 4) is 11.5 Å². The molecule has 7 aromatic rings. The van der Waals surface area contributed by atoms with Crippen molar-refractivity contribution in [2.24, 2.45) is 0 Å². The highest BCUT2D eigenvalue weighted by Gasteiger charge is 2.12. The lowest BCUT2D eigenvalue weighted by Gasteiger charge is -2.26. The van der Waals surface area contributed by atoms with Crippen LogP contribution in [0.5, 0.6) is 11.5 Å². The van der Waals surface area contributed by atoms with Gasteiger partial charge in [-0.1, -0.05) is 25.4 Å². The average molecular weight is 872 g/mol. The molecule has 2 aliphatic rings. The SMILES string of the molecule is CC(C)c1cnnc(Nc2ccc3ncc(Nc4cncc(OCCN5CCOCC5)c4)cc3n2)c1.Clc1ccc2ncc(Nc3cncc(OCCN4CCOCC4)c3)cc2n1. The molecule has 63 heavy (non-hydrogen) atoms. The summed E-state index contributed by atoms with van der Waals surface area (Å²) in [6, 6.07) is 17.1. The van der Waals surface area contributed by atoms with Crippen LogP contribution in [0.4, 0.5) is 34.4 Å². The summed E-state index contributed by atoms with van der Waals surface area (Å²) >= 11 is 5.96. The van der Waals surface area contributed by atoms with Crippen molar-refractivity contribution >= 4 is 68.1 Å². The number of nitrogens with zero attached hydrogens (tertiary/aromatic N) is 10. The molecule has 17 nitrogen and oxygen atoms in total. The van der Waals surface area contributed by atoms with E-state index in [1.807, 2.05) is 48.5 Å². The predicted octanol–water partition coefficient (Wildman–Crippen LogP) is 7.27. The lowest BCUT2D eigenvalue weighted by molar-refractivity contribution is 0.0321. The Morgan fingerprint density at radius 2 is 1.13 bits per heavy atom. The Balaban J connectivity index is 0.000000180. The Kier molecular flexibility index (Phi) is 14.9. The maximum atomic E-state index is 5.96. The lowest BCUT2D eigenvalue weighted by Crippen LogP contribution is -2.38. The minimum absolute atomic E-state index is 0.367. The molecule has 2 aliphatic heterocycles. The van der Waals surface area contributed by atoms with Gasteiger partial charge in [-0.25, -0.2) is 9.97 Å². The van der Waals surface area contributed by atoms with Crippen LogP contribution >= 0.6 is 11.6 Å². The molecule has 9 rings (SSSR count). The van der Waals surface area contributed by atoms with Gasteiger partial charge in [0.15, 0.2) is 5.82 Å². The average Bonchev–Trinajstić information content (AvgIpc) is 3.30. The first kappa shape index (κ1) is 43.3. The lowest BCUT2D eigenvalue weighted by atomic mass is 10.1. The summed E-state index contributed by atoms with van der Waals surface area (Å²) in [6.45, 7) is 14.2. The molecule has 0 amide bonds. The van der Waals surface area contributed by atoms with E-state index in [-0.39, 0.29) is 0 Å². The molecule has 2 fully saturated rings. The van der Waals surface area contributed by atoms with Crippen LogP contribution in [0, 0.1) is 0 Å². The summed E-state index contributed by atoms with van der Waals surface area (Å²) in [4.78, 5) is 31.2. The van der Waals surface area contributed by atoms with Gasteiger partial charge in [0.2, 0.25) is 0 Å². The largest absolute Gasteiger partial charge is 0.491 e. The van der Waals surface area contributed by atoms with E-state index in [1.54, 1.807) is 49.4 Å². The van der Waals surface area contributed by atoms with Crippen molar-refractivity contribution < 1.29 is 18.9 Å². The number of fused-ring (bicyclic) bond motifs is 2. The molecular weight excluding hydrogens is 822 g/mol. The molecule has 0 aliphatic carbocycles. The highest BCUT2D eigenvalue weighted by molar-refractivity contribution is 6.29. The standard InChI is InChI=1S/C26H30N8O2.C19H20ClN5O2/c1-18(2)19-11-26(33-29-14-19)32-25-4-3-23-24(31-25)13-21(16-28-23)30-20-12-22(17-27-15-20)36-10-7-34-5-8-35-9-6-34;20-19-2-1-17-18(24-19)10-15(12-22-17)23-14-9-16(13-21-11-14)27-8-5-25-3-6-26-7-4-25/h3-4,11-18,30H,5-10H2,1-2H3,(H,31,32,33);1-2,9-13,23H,3-8H2. The van der Waals surface area contributed by atoms with Crippen molar-refractivity contribution in [3.63, 3.8) is 0 Å². The molecule has 0 spiro atoms. The quantitative estimate of drug-likeness (QED) is 0.0874. The van der Waals surface area contributed by atoms with E-state index >= 15 is 0 Å². The minimum atomic E-state index is 0.367. The molecule has 7 aromatic heterocycles. The fourth-order valence-corrected chi connectivity index (χ4v) is 6.94. The molecule has 0 aromatic carbocycles. The number of rotatable bonds is 15. The summed E-state index contributed by atoms with van der Waals surface area (Å²) in [6.07, 6.45) is 12.2. The molecule has 326 valence electrons. The molecule has 0 unspecified atom stereocenters. The van der Waals surface area contributed by atoms with Crippen LogP contribution in [0.2, 0.25) is 5.15 Å². The molecule has 18 heteroatoms. The van der Waals surface area contributed by atoms with Crippen molar-refractivity contribution in [3.05, 3.63) is 109 Å². The highest BCUT2D eigenvalue weighted by Crippen LogP contribution is 2.26. The summed E-state index contributed by atoms with van der Waals surface area (Å²) in [5, 5.41) is 18.6. The second-order valence-electron chi connectivity index (χ2n) is 15.2. The van der Waals surface area contributed by atoms with Crippen molar-refractivity contribution in [2.75, 3.05) is 94.9 Å². The Morgan fingerprint density at radius 3 is 1.70 bits per heavy atom. The van der Waals surface area contributed by atoms with E-state index in [4.69, 9.17) is 35.5 Å². The topological polar surface area (TPSA) is 183 Å². The maximum Gasteiger partial charge on any atom is 0.154 e. The molecule has 0 radical (unpaired) electrons. The fraction of sp³-hybridized carbons (Fsp3) is 0.333. The number of morpholine rings is 2. The number of anilines is 6. The van der Waals surface area contributed by atoms with Gasteiger partial charge in [-0.2, -0.15) is 5.10 Å². The van der Waals surface area contributed by atoms with E-state index in [0.29, 0.717) is 35.9 Å². The van der Waals surface area contributed by atoms with E-state index in [2.05, 4.69) is 74.7 Å². The van der Waals surface area contributed by atoms with Crippen LogP contribution < -0.4 is 25.4 Å². The van der Waals surface area contributed by atoms with E-state index in [9.17, 15) is 0 Å². The summed E-state index contributed by atoms with van der Waals surface area (Å²) < 4.78 is 22.5. The molecule has 0 saturated carbocycles. The summed E-state index contributed by atoms with van der Waals surface area (Å²) in [5.41, 5.74) is 7.45. The zero-order chi connectivity index (χ0) is 43.2. The van der Waals surface area contributed by atoms with E-state index < -0.39 is 0 Å². The van der Waals surface area contributed by atoms with E-state index in [0.717, 1.165) is 128 Å². The van der Waals surface area contributed by atoms with Gasteiger partial charge < -0.3 is 34.9 Å². The minimum Gasteiger partial charge on any atom is -0.491 e. The summed E-state index contributed by atoms with van der Waals surface area (Å²) in [7, 11) is 0. The van der Waals surface area contributed by atoms with Gasteiger partial charge >= 0.3 is 0 Å². The van der Waals surface area contributed by atoms with Gasteiger partial charge in [0.25, 0.3) is 0 Å². The third kappa shape index (κ3) is 12.8. The Hall–Kier alpha value is -6.37. The van der Waals surface area contributed by atoms with Gasteiger partial charge in [-0.3, -0.25) is 29.7 Å². The van der Waals surface area contributed by atoms with Crippen LogP contribution in [-0.2, 0) is 9.47 Å². The van der Waals surface area contributed by atoms with Gasteiger partial charge in [-0.05, 0) is 53.9 Å². The third-order valence-electron chi connectivity index (χ3n) is 10.2. The Bertz CT molecular complexity index is 2580. The number of hydrogen-bond acceptors (Lipinski definition) is 17. The van der Waals surface area contributed by atoms with Gasteiger partial charge in [0.1, 0.15) is 35.7 Å². The number of halogens is 1. The van der Waals surface area contributed by atoms with Gasteiger partial charge in [-0.15, -0.1) is 5.10 Å². The number of ether oxygens (including phenoxy) is 4. The van der Waals surface area contributed by atoms with Crippen LogP contribution in [-0.4, -0.2) is 129 Å². The first-order chi connectivity index (χ1) is 30.9. The van der Waals surface area contributed by atoms with Gasteiger partial charge in [0.05, 0.1) is 115 Å². The molecule has 3 N–H and O–H groups in total. The van der Waals surface area contributed by atoms with Crippen LogP contribution in [0.3, 0.4) is 0 Å². The second-order valence-corrected chi connectivity index (χ2v) is 15.6. The van der Waals surface area contributed by atoms with Crippen LogP contribution in [0.1, 0.15) is 25.3 Å². The molecule has 0 bridgehead atoms. The predicted molar refractivity (Wildman–Crippen MR) is 244 cm³/mol. The van der Waals surface area contributed by atoms with Crippen LogP contribution in [0.25, 0.3) is 22.1 Å². The molecule has 2 saturated heterocycles. The first-order valence-electron chi connectivity index (χ1n) is 21.0. The Labute approximate surface area is 370 Å². The zero-order valence-electron chi connectivity index (χ0n) is 35.3. The van der Waals surface area contributed by atoms with Crippen LogP contribution in [0.15, 0.2) is 98.0 Å². The molecule has 0 atom stereocenters. The van der Waals surface area contributed by atoms with E-state index in [1.165, 1.54) is 0 Å². The highest BCUT2D eigenvalue weighted by atomic mass is 35.5. The van der Waals surface area contributed by atoms with Gasteiger partial charge in [0, 0.05) is 51.4 Å². The molecular formula is C45H50ClN13O4. The maximum absolute atomic E-state index is 5.96. The third-order valence-corrected chi connectivity index (χ3v) is 10.4. The zero-order valence-corrected chi connectivity index (χ0v) is 36.0. The first-order valence-corrected chi connectivity index (χ1v) is 21.3. The summed E-state index contributed by atoms with van der Waals surface area (Å²) in [5.74, 6) is 3.15. The number of pyridine rings is 6. The molecule has 9 heterocycles.